The van der Waals surface area contributed by atoms with Crippen LogP contribution in [0.1, 0.15) is 23.5 Å². The molecular formula is C14H16ClNOS. The van der Waals surface area contributed by atoms with Gasteiger partial charge in [0.25, 0.3) is 5.91 Å². The second-order valence-electron chi connectivity index (χ2n) is 4.63. The number of halogens is 1. The van der Waals surface area contributed by atoms with Crippen LogP contribution in [0.3, 0.4) is 0 Å². The lowest BCUT2D eigenvalue weighted by atomic mass is 10.1. The van der Waals surface area contributed by atoms with Crippen molar-refractivity contribution >= 4 is 38.9 Å². The molecule has 1 atom stereocenters. The van der Waals surface area contributed by atoms with E-state index in [0.29, 0.717) is 11.8 Å². The van der Waals surface area contributed by atoms with E-state index in [2.05, 4.69) is 19.2 Å². The van der Waals surface area contributed by atoms with Crippen LogP contribution in [0.4, 0.5) is 0 Å². The van der Waals surface area contributed by atoms with Crippen molar-refractivity contribution in [2.45, 2.75) is 19.9 Å². The molecule has 0 fully saturated rings. The molecule has 1 amide bonds. The Kier molecular flexibility index (Phi) is 4.25. The average Bonchev–Trinajstić information content (AvgIpc) is 2.79. The Morgan fingerprint density at radius 2 is 2.11 bits per heavy atom. The minimum Gasteiger partial charge on any atom is -0.347 e. The van der Waals surface area contributed by atoms with Gasteiger partial charge in [0.2, 0.25) is 0 Å². The van der Waals surface area contributed by atoms with Gasteiger partial charge in [0.05, 0.1) is 4.88 Å². The van der Waals surface area contributed by atoms with E-state index in [-0.39, 0.29) is 11.9 Å². The number of nitrogens with one attached hydrogen (secondary N) is 1. The lowest BCUT2D eigenvalue weighted by Gasteiger charge is -2.19. The summed E-state index contributed by atoms with van der Waals surface area (Å²) in [6.45, 7) is 4.11. The Labute approximate surface area is 116 Å². The molecule has 1 unspecified atom stereocenters. The second-order valence-corrected chi connectivity index (χ2v) is 6.02. The molecule has 0 aliphatic heterocycles. The standard InChI is InChI=1S/C14H16ClNOS/c1-9(2)11(8-15)16-14(17)13-7-10-5-3-4-6-12(10)18-13/h3-7,9,11H,8H2,1-2H3,(H,16,17). The molecule has 0 saturated carbocycles. The third-order valence-electron chi connectivity index (χ3n) is 2.94. The van der Waals surface area contributed by atoms with Crippen LogP contribution < -0.4 is 5.32 Å². The highest BCUT2D eigenvalue weighted by atomic mass is 35.5. The van der Waals surface area contributed by atoms with Crippen molar-refractivity contribution in [3.8, 4) is 0 Å². The number of hydrogen-bond donors (Lipinski definition) is 1. The molecule has 0 radical (unpaired) electrons. The van der Waals surface area contributed by atoms with E-state index in [4.69, 9.17) is 11.6 Å². The van der Waals surface area contributed by atoms with Gasteiger partial charge < -0.3 is 5.32 Å². The normalized spacial score (nSPS) is 12.9. The van der Waals surface area contributed by atoms with Gasteiger partial charge in [0, 0.05) is 16.6 Å². The molecule has 1 aromatic carbocycles. The largest absolute Gasteiger partial charge is 0.347 e. The van der Waals surface area contributed by atoms with Gasteiger partial charge in [0.15, 0.2) is 0 Å². The topological polar surface area (TPSA) is 29.1 Å². The van der Waals surface area contributed by atoms with Crippen LogP contribution >= 0.6 is 22.9 Å². The summed E-state index contributed by atoms with van der Waals surface area (Å²) < 4.78 is 1.13. The van der Waals surface area contributed by atoms with Gasteiger partial charge in [-0.3, -0.25) is 4.79 Å². The number of carbonyl (C=O) groups is 1. The summed E-state index contributed by atoms with van der Waals surface area (Å²) in [5, 5.41) is 4.09. The molecule has 0 aliphatic rings. The summed E-state index contributed by atoms with van der Waals surface area (Å²) in [4.78, 5) is 12.9. The van der Waals surface area contributed by atoms with Gasteiger partial charge in [0.1, 0.15) is 0 Å². The minimum atomic E-state index is -0.0319. The van der Waals surface area contributed by atoms with Crippen molar-refractivity contribution < 1.29 is 4.79 Å². The molecule has 1 N–H and O–H groups in total. The summed E-state index contributed by atoms with van der Waals surface area (Å²) in [5.74, 6) is 0.741. The van der Waals surface area contributed by atoms with Crippen LogP contribution in [0, 0.1) is 5.92 Å². The summed E-state index contributed by atoms with van der Waals surface area (Å²) >= 11 is 7.38. The Morgan fingerprint density at radius 3 is 2.72 bits per heavy atom. The third kappa shape index (κ3) is 2.85. The molecule has 0 bridgehead atoms. The SMILES string of the molecule is CC(C)C(CCl)NC(=O)c1cc2ccccc2s1. The molecule has 0 saturated heterocycles. The first-order valence-corrected chi connectivity index (χ1v) is 7.32. The number of carbonyl (C=O) groups excluding carboxylic acids is 1. The van der Waals surface area contributed by atoms with Crippen molar-refractivity contribution in [2.75, 3.05) is 5.88 Å². The van der Waals surface area contributed by atoms with Gasteiger partial charge in [-0.2, -0.15) is 0 Å². The highest BCUT2D eigenvalue weighted by Crippen LogP contribution is 2.25. The number of hydrogen-bond acceptors (Lipinski definition) is 2. The van der Waals surface area contributed by atoms with E-state index in [9.17, 15) is 4.79 Å². The second kappa shape index (κ2) is 5.72. The Bertz CT molecular complexity index is 516. The maximum absolute atomic E-state index is 12.1. The fourth-order valence-corrected chi connectivity index (χ4v) is 3.12. The first-order chi connectivity index (χ1) is 8.61. The van der Waals surface area contributed by atoms with E-state index < -0.39 is 0 Å². The lowest BCUT2D eigenvalue weighted by molar-refractivity contribution is 0.0935. The molecule has 1 aromatic heterocycles. The fourth-order valence-electron chi connectivity index (χ4n) is 1.72. The molecule has 2 rings (SSSR count). The van der Waals surface area contributed by atoms with E-state index in [1.807, 2.05) is 30.3 Å². The van der Waals surface area contributed by atoms with Crippen molar-refractivity contribution in [1.82, 2.24) is 5.32 Å². The smallest absolute Gasteiger partial charge is 0.261 e. The zero-order valence-electron chi connectivity index (χ0n) is 10.4. The summed E-state index contributed by atoms with van der Waals surface area (Å²) in [6, 6.07) is 9.95. The van der Waals surface area contributed by atoms with E-state index in [0.717, 1.165) is 15.0 Å². The molecule has 0 spiro atoms. The Hall–Kier alpha value is -1.06. The monoisotopic (exact) mass is 281 g/mol. The summed E-state index contributed by atoms with van der Waals surface area (Å²) in [7, 11) is 0. The van der Waals surface area contributed by atoms with Gasteiger partial charge in [-0.1, -0.05) is 32.0 Å². The molecule has 1 heterocycles. The minimum absolute atomic E-state index is 0.0179. The predicted molar refractivity (Wildman–Crippen MR) is 78.6 cm³/mol. The first-order valence-electron chi connectivity index (χ1n) is 5.97. The molecule has 18 heavy (non-hydrogen) atoms. The van der Waals surface area contributed by atoms with Crippen LogP contribution in [0.2, 0.25) is 0 Å². The van der Waals surface area contributed by atoms with Gasteiger partial charge in [-0.15, -0.1) is 22.9 Å². The number of rotatable bonds is 4. The van der Waals surface area contributed by atoms with Crippen LogP contribution in [0.25, 0.3) is 10.1 Å². The molecule has 0 aliphatic carbocycles. The third-order valence-corrected chi connectivity index (χ3v) is 4.38. The fraction of sp³-hybridized carbons (Fsp3) is 0.357. The molecule has 2 nitrogen and oxygen atoms in total. The lowest BCUT2D eigenvalue weighted by Crippen LogP contribution is -2.39. The highest BCUT2D eigenvalue weighted by Gasteiger charge is 2.17. The maximum atomic E-state index is 12.1. The summed E-state index contributed by atoms with van der Waals surface area (Å²) in [5.41, 5.74) is 0. The highest BCUT2D eigenvalue weighted by molar-refractivity contribution is 7.20. The Balaban J connectivity index is 2.18. The quantitative estimate of drug-likeness (QED) is 0.846. The molecule has 96 valence electrons. The molecule has 2 aromatic rings. The number of thiophene rings is 1. The van der Waals surface area contributed by atoms with Crippen LogP contribution in [-0.4, -0.2) is 17.8 Å². The molecule has 4 heteroatoms. The maximum Gasteiger partial charge on any atom is 0.261 e. The van der Waals surface area contributed by atoms with E-state index in [1.165, 1.54) is 11.3 Å². The number of benzene rings is 1. The summed E-state index contributed by atoms with van der Waals surface area (Å²) in [6.07, 6.45) is 0. The van der Waals surface area contributed by atoms with Crippen LogP contribution in [0.15, 0.2) is 30.3 Å². The van der Waals surface area contributed by atoms with Gasteiger partial charge >= 0.3 is 0 Å². The van der Waals surface area contributed by atoms with Crippen molar-refractivity contribution in [2.24, 2.45) is 5.92 Å². The zero-order valence-corrected chi connectivity index (χ0v) is 12.0. The van der Waals surface area contributed by atoms with E-state index in [1.54, 1.807) is 0 Å². The van der Waals surface area contributed by atoms with Gasteiger partial charge in [-0.25, -0.2) is 0 Å². The molecular weight excluding hydrogens is 266 g/mol. The first kappa shape index (κ1) is 13.4. The van der Waals surface area contributed by atoms with E-state index >= 15 is 0 Å². The van der Waals surface area contributed by atoms with Crippen molar-refractivity contribution in [1.29, 1.82) is 0 Å². The van der Waals surface area contributed by atoms with Crippen molar-refractivity contribution in [3.05, 3.63) is 35.2 Å². The Morgan fingerprint density at radius 1 is 1.39 bits per heavy atom. The zero-order chi connectivity index (χ0) is 13.1. The number of fused-ring (bicyclic) bond motifs is 1. The van der Waals surface area contributed by atoms with Crippen LogP contribution in [-0.2, 0) is 0 Å². The number of amides is 1. The van der Waals surface area contributed by atoms with Crippen molar-refractivity contribution in [3.63, 3.8) is 0 Å². The predicted octanol–water partition coefficient (Wildman–Crippen LogP) is 3.89. The average molecular weight is 282 g/mol. The van der Waals surface area contributed by atoms with Crippen LogP contribution in [0.5, 0.6) is 0 Å². The number of alkyl halides is 1. The van der Waals surface area contributed by atoms with Gasteiger partial charge in [-0.05, 0) is 23.4 Å².